The summed E-state index contributed by atoms with van der Waals surface area (Å²) in [7, 11) is 1.87. The largest absolute Gasteiger partial charge is 0.459 e. The highest BCUT2D eigenvalue weighted by molar-refractivity contribution is 5.76. The van der Waals surface area contributed by atoms with Crippen LogP contribution in [0.4, 0.5) is 0 Å². The number of imidazole rings is 1. The minimum Gasteiger partial charge on any atom is -0.459 e. The zero-order valence-corrected chi connectivity index (χ0v) is 10.2. The van der Waals surface area contributed by atoms with E-state index in [9.17, 15) is 4.79 Å². The third kappa shape index (κ3) is 4.02. The van der Waals surface area contributed by atoms with E-state index >= 15 is 0 Å². The van der Waals surface area contributed by atoms with Gasteiger partial charge in [-0.25, -0.2) is 4.98 Å². The molecule has 1 aromatic heterocycles. The Bertz CT molecular complexity index is 366. The van der Waals surface area contributed by atoms with Crippen LogP contribution in [0.2, 0.25) is 0 Å². The van der Waals surface area contributed by atoms with Gasteiger partial charge in [-0.1, -0.05) is 0 Å². The van der Waals surface area contributed by atoms with Crippen molar-refractivity contribution < 1.29 is 9.53 Å². The molecule has 16 heavy (non-hydrogen) atoms. The van der Waals surface area contributed by atoms with Gasteiger partial charge in [0.1, 0.15) is 11.6 Å². The molecule has 5 heteroatoms. The van der Waals surface area contributed by atoms with E-state index in [-0.39, 0.29) is 0 Å². The standard InChI is InChI=1S/C11H19N3O2/c1-11(2,3)16-10(15)9(12)5-8-6-14(4)7-13-8/h6-7,9H,5,12H2,1-4H3/t9-/m1/s1. The molecule has 0 radical (unpaired) electrons. The topological polar surface area (TPSA) is 70.1 Å². The molecule has 0 bridgehead atoms. The lowest BCUT2D eigenvalue weighted by atomic mass is 10.1. The second kappa shape index (κ2) is 4.65. The molecule has 1 heterocycles. The highest BCUT2D eigenvalue weighted by atomic mass is 16.6. The molecular formula is C11H19N3O2. The van der Waals surface area contributed by atoms with Gasteiger partial charge < -0.3 is 15.0 Å². The number of rotatable bonds is 3. The number of ether oxygens (including phenoxy) is 1. The Hall–Kier alpha value is -1.36. The zero-order chi connectivity index (χ0) is 12.3. The van der Waals surface area contributed by atoms with Crippen LogP contribution in [0.5, 0.6) is 0 Å². The van der Waals surface area contributed by atoms with Gasteiger partial charge >= 0.3 is 5.97 Å². The molecule has 0 aliphatic carbocycles. The van der Waals surface area contributed by atoms with Gasteiger partial charge in [-0.15, -0.1) is 0 Å². The molecule has 5 nitrogen and oxygen atoms in total. The van der Waals surface area contributed by atoms with Crippen molar-refractivity contribution in [3.05, 3.63) is 18.2 Å². The lowest BCUT2D eigenvalue weighted by Crippen LogP contribution is -2.38. The quantitative estimate of drug-likeness (QED) is 0.766. The molecule has 1 atom stereocenters. The maximum Gasteiger partial charge on any atom is 0.323 e. The van der Waals surface area contributed by atoms with Crippen LogP contribution < -0.4 is 5.73 Å². The van der Waals surface area contributed by atoms with Crippen molar-refractivity contribution in [2.24, 2.45) is 12.8 Å². The molecule has 0 fully saturated rings. The molecule has 0 spiro atoms. The van der Waals surface area contributed by atoms with E-state index in [2.05, 4.69) is 4.98 Å². The minimum atomic E-state index is -0.658. The number of nitrogens with two attached hydrogens (primary N) is 1. The first-order valence-corrected chi connectivity index (χ1v) is 5.23. The number of carbonyl (C=O) groups is 1. The van der Waals surface area contributed by atoms with Crippen molar-refractivity contribution in [2.45, 2.75) is 38.8 Å². The Morgan fingerprint density at radius 3 is 2.69 bits per heavy atom. The normalized spacial score (nSPS) is 13.6. The van der Waals surface area contributed by atoms with Crippen molar-refractivity contribution in [1.29, 1.82) is 0 Å². The SMILES string of the molecule is Cn1cnc(C[C@@H](N)C(=O)OC(C)(C)C)c1. The van der Waals surface area contributed by atoms with Gasteiger partial charge in [0.15, 0.2) is 0 Å². The van der Waals surface area contributed by atoms with E-state index in [0.29, 0.717) is 6.42 Å². The third-order valence-corrected chi connectivity index (χ3v) is 1.90. The Balaban J connectivity index is 2.52. The van der Waals surface area contributed by atoms with Crippen LogP contribution in [0.15, 0.2) is 12.5 Å². The zero-order valence-electron chi connectivity index (χ0n) is 10.2. The summed E-state index contributed by atoms with van der Waals surface area (Å²) in [6, 6.07) is -0.658. The number of carbonyl (C=O) groups excluding carboxylic acids is 1. The maximum absolute atomic E-state index is 11.6. The lowest BCUT2D eigenvalue weighted by Gasteiger charge is -2.21. The molecule has 0 saturated carbocycles. The molecule has 0 saturated heterocycles. The molecule has 0 amide bonds. The number of hydrogen-bond acceptors (Lipinski definition) is 4. The average molecular weight is 225 g/mol. The number of nitrogens with zero attached hydrogens (tertiary/aromatic N) is 2. The third-order valence-electron chi connectivity index (χ3n) is 1.90. The highest BCUT2D eigenvalue weighted by Crippen LogP contribution is 2.09. The van der Waals surface area contributed by atoms with Gasteiger partial charge in [-0.05, 0) is 20.8 Å². The van der Waals surface area contributed by atoms with Crippen LogP contribution >= 0.6 is 0 Å². The van der Waals surface area contributed by atoms with Crippen LogP contribution in [0, 0.1) is 0 Å². The summed E-state index contributed by atoms with van der Waals surface area (Å²) in [4.78, 5) is 15.7. The van der Waals surface area contributed by atoms with E-state index < -0.39 is 17.6 Å². The molecule has 0 unspecified atom stereocenters. The predicted molar refractivity (Wildman–Crippen MR) is 60.7 cm³/mol. The van der Waals surface area contributed by atoms with Crippen molar-refractivity contribution in [3.63, 3.8) is 0 Å². The Morgan fingerprint density at radius 2 is 2.25 bits per heavy atom. The molecule has 0 aliphatic rings. The van der Waals surface area contributed by atoms with Crippen LogP contribution in [-0.4, -0.2) is 27.2 Å². The summed E-state index contributed by atoms with van der Waals surface area (Å²) in [5, 5.41) is 0. The first kappa shape index (κ1) is 12.7. The number of aryl methyl sites for hydroxylation is 1. The number of hydrogen-bond donors (Lipinski definition) is 1. The van der Waals surface area contributed by atoms with Crippen LogP contribution in [0.3, 0.4) is 0 Å². The first-order chi connectivity index (χ1) is 7.28. The van der Waals surface area contributed by atoms with Gasteiger partial charge in [0, 0.05) is 19.7 Å². The molecule has 2 N–H and O–H groups in total. The summed E-state index contributed by atoms with van der Waals surface area (Å²) >= 11 is 0. The maximum atomic E-state index is 11.6. The van der Waals surface area contributed by atoms with E-state index in [0.717, 1.165) is 5.69 Å². The van der Waals surface area contributed by atoms with E-state index in [1.807, 2.05) is 38.6 Å². The van der Waals surface area contributed by atoms with Crippen molar-refractivity contribution >= 4 is 5.97 Å². The minimum absolute atomic E-state index is 0.391. The predicted octanol–water partition coefficient (Wildman–Crippen LogP) is 0.632. The molecule has 0 aliphatic heterocycles. The molecule has 1 rings (SSSR count). The Kier molecular flexibility index (Phi) is 3.70. The molecule has 90 valence electrons. The fourth-order valence-electron chi connectivity index (χ4n) is 1.26. The van der Waals surface area contributed by atoms with Gasteiger partial charge in [0.25, 0.3) is 0 Å². The number of esters is 1. The molecular weight excluding hydrogens is 206 g/mol. The monoisotopic (exact) mass is 225 g/mol. The van der Waals surface area contributed by atoms with Crippen LogP contribution in [0.25, 0.3) is 0 Å². The summed E-state index contributed by atoms with van der Waals surface area (Å²) in [5.41, 5.74) is 6.03. The summed E-state index contributed by atoms with van der Waals surface area (Å²) in [5.74, 6) is -0.391. The Labute approximate surface area is 95.6 Å². The molecule has 0 aromatic carbocycles. The fraction of sp³-hybridized carbons (Fsp3) is 0.636. The second-order valence-electron chi connectivity index (χ2n) is 4.87. The number of aromatic nitrogens is 2. The first-order valence-electron chi connectivity index (χ1n) is 5.23. The Morgan fingerprint density at radius 1 is 1.62 bits per heavy atom. The van der Waals surface area contributed by atoms with Crippen molar-refractivity contribution in [3.8, 4) is 0 Å². The lowest BCUT2D eigenvalue weighted by molar-refractivity contribution is -0.156. The van der Waals surface area contributed by atoms with Crippen molar-refractivity contribution in [2.75, 3.05) is 0 Å². The highest BCUT2D eigenvalue weighted by Gasteiger charge is 2.22. The van der Waals surface area contributed by atoms with Gasteiger partial charge in [-0.3, -0.25) is 4.79 Å². The van der Waals surface area contributed by atoms with E-state index in [4.69, 9.17) is 10.5 Å². The average Bonchev–Trinajstić information content (AvgIpc) is 2.48. The molecule has 1 aromatic rings. The fourth-order valence-corrected chi connectivity index (χ4v) is 1.26. The smallest absolute Gasteiger partial charge is 0.323 e. The van der Waals surface area contributed by atoms with Crippen LogP contribution in [-0.2, 0) is 23.0 Å². The van der Waals surface area contributed by atoms with Gasteiger partial charge in [0.05, 0.1) is 12.0 Å². The van der Waals surface area contributed by atoms with Crippen LogP contribution in [0.1, 0.15) is 26.5 Å². The van der Waals surface area contributed by atoms with Gasteiger partial charge in [0.2, 0.25) is 0 Å². The van der Waals surface area contributed by atoms with Gasteiger partial charge in [-0.2, -0.15) is 0 Å². The van der Waals surface area contributed by atoms with E-state index in [1.165, 1.54) is 0 Å². The van der Waals surface area contributed by atoms with Crippen molar-refractivity contribution in [1.82, 2.24) is 9.55 Å². The van der Waals surface area contributed by atoms with E-state index in [1.54, 1.807) is 6.33 Å². The summed E-state index contributed by atoms with van der Waals surface area (Å²) in [6.07, 6.45) is 3.91. The summed E-state index contributed by atoms with van der Waals surface area (Å²) in [6.45, 7) is 5.45. The summed E-state index contributed by atoms with van der Waals surface area (Å²) < 4.78 is 7.00. The second-order valence-corrected chi connectivity index (χ2v) is 4.87.